The summed E-state index contributed by atoms with van der Waals surface area (Å²) in [5.74, 6) is -0.238. The standard InChI is InChI=1S/C17H22AsF2N3O/c1-4-16(3,5-2)23-15(24)13-10-21-11-22-14(13)18-12-6-8-17(19,20)9-7-12/h1,10-12,18H,5-9H2,2-3H3,(H,23,24). The van der Waals surface area contributed by atoms with E-state index in [1.165, 1.54) is 12.5 Å². The Morgan fingerprint density at radius 1 is 1.54 bits per heavy atom. The van der Waals surface area contributed by atoms with Crippen LogP contribution < -0.4 is 9.80 Å². The van der Waals surface area contributed by atoms with Crippen molar-refractivity contribution in [3.63, 3.8) is 0 Å². The Bertz CT molecular complexity index is 637. The first-order valence-corrected chi connectivity index (χ1v) is 10.3. The molecule has 1 aromatic rings. The Morgan fingerprint density at radius 2 is 2.21 bits per heavy atom. The van der Waals surface area contributed by atoms with Crippen molar-refractivity contribution in [1.82, 2.24) is 15.3 Å². The van der Waals surface area contributed by atoms with Crippen molar-refractivity contribution in [3.05, 3.63) is 18.1 Å². The molecule has 1 amide bonds. The summed E-state index contributed by atoms with van der Waals surface area (Å²) in [6, 6.07) is 0. The maximum absolute atomic E-state index is 13.3. The minimum absolute atomic E-state index is 0.0707. The van der Waals surface area contributed by atoms with Gasteiger partial charge in [-0.05, 0) is 0 Å². The van der Waals surface area contributed by atoms with Crippen LogP contribution in [0.2, 0.25) is 4.71 Å². The Labute approximate surface area is 147 Å². The van der Waals surface area contributed by atoms with Crippen LogP contribution in [-0.4, -0.2) is 43.1 Å². The summed E-state index contributed by atoms with van der Waals surface area (Å²) in [7, 11) is 0. The van der Waals surface area contributed by atoms with Gasteiger partial charge in [0.2, 0.25) is 0 Å². The first-order chi connectivity index (χ1) is 11.3. The predicted molar refractivity (Wildman–Crippen MR) is 91.0 cm³/mol. The average Bonchev–Trinajstić information content (AvgIpc) is 2.57. The van der Waals surface area contributed by atoms with Gasteiger partial charge in [-0.2, -0.15) is 0 Å². The van der Waals surface area contributed by atoms with Crippen molar-refractivity contribution >= 4 is 26.1 Å². The number of rotatable bonds is 5. The number of nitrogens with zero attached hydrogens (tertiary/aromatic N) is 2. The number of terminal acetylenes is 1. The number of alkyl halides is 2. The van der Waals surface area contributed by atoms with E-state index in [-0.39, 0.29) is 23.5 Å². The summed E-state index contributed by atoms with van der Waals surface area (Å²) in [4.78, 5) is 20.8. The molecule has 1 heterocycles. The fourth-order valence-electron chi connectivity index (χ4n) is 2.53. The number of hydrogen-bond donors (Lipinski definition) is 1. The summed E-state index contributed by atoms with van der Waals surface area (Å²) < 4.78 is 27.5. The van der Waals surface area contributed by atoms with Gasteiger partial charge in [-0.3, -0.25) is 0 Å². The van der Waals surface area contributed by atoms with Crippen LogP contribution in [0.3, 0.4) is 0 Å². The Hall–Kier alpha value is -1.47. The molecule has 7 heteroatoms. The molecule has 2 unspecified atom stereocenters. The van der Waals surface area contributed by atoms with E-state index in [1.807, 2.05) is 6.92 Å². The zero-order chi connectivity index (χ0) is 17.8. The van der Waals surface area contributed by atoms with Gasteiger partial charge in [-0.25, -0.2) is 0 Å². The van der Waals surface area contributed by atoms with Gasteiger partial charge in [-0.1, -0.05) is 0 Å². The number of carbonyl (C=O) groups is 1. The number of amides is 1. The van der Waals surface area contributed by atoms with Gasteiger partial charge >= 0.3 is 148 Å². The van der Waals surface area contributed by atoms with Crippen LogP contribution in [0.15, 0.2) is 12.5 Å². The van der Waals surface area contributed by atoms with Gasteiger partial charge in [0.1, 0.15) is 0 Å². The zero-order valence-electron chi connectivity index (χ0n) is 13.9. The molecule has 4 nitrogen and oxygen atoms in total. The van der Waals surface area contributed by atoms with Gasteiger partial charge < -0.3 is 0 Å². The van der Waals surface area contributed by atoms with E-state index in [0.29, 0.717) is 29.3 Å². The second-order valence-electron chi connectivity index (χ2n) is 6.34. The van der Waals surface area contributed by atoms with E-state index in [0.717, 1.165) is 0 Å². The van der Waals surface area contributed by atoms with E-state index < -0.39 is 27.2 Å². The van der Waals surface area contributed by atoms with Gasteiger partial charge in [0, 0.05) is 0 Å². The van der Waals surface area contributed by atoms with E-state index in [2.05, 4.69) is 21.2 Å². The molecule has 0 bridgehead atoms. The third kappa shape index (κ3) is 4.77. The molecule has 130 valence electrons. The molecule has 1 aliphatic rings. The fourth-order valence-corrected chi connectivity index (χ4v) is 5.53. The molecule has 1 N–H and O–H groups in total. The first-order valence-electron chi connectivity index (χ1n) is 8.03. The SMILES string of the molecule is C#CC(C)(CC)NC(=O)c1cncnc1[AsH]C1CCC(F)(F)CC1. The monoisotopic (exact) mass is 397 g/mol. The second-order valence-corrected chi connectivity index (χ2v) is 9.66. The number of aromatic nitrogens is 2. The quantitative estimate of drug-likeness (QED) is 0.612. The third-order valence-corrected chi connectivity index (χ3v) is 7.91. The summed E-state index contributed by atoms with van der Waals surface area (Å²) in [5.41, 5.74) is -0.304. The Morgan fingerprint density at radius 3 is 2.79 bits per heavy atom. The normalized spacial score (nSPS) is 20.5. The van der Waals surface area contributed by atoms with Crippen molar-refractivity contribution in [2.24, 2.45) is 0 Å². The first kappa shape index (κ1) is 18.9. The molecule has 24 heavy (non-hydrogen) atoms. The van der Waals surface area contributed by atoms with Crippen molar-refractivity contribution in [2.45, 2.75) is 62.1 Å². The molecule has 1 saturated carbocycles. The summed E-state index contributed by atoms with van der Waals surface area (Å²) >= 11 is -0.796. The van der Waals surface area contributed by atoms with Gasteiger partial charge in [0.15, 0.2) is 0 Å². The van der Waals surface area contributed by atoms with Gasteiger partial charge in [0.25, 0.3) is 0 Å². The van der Waals surface area contributed by atoms with E-state index in [4.69, 9.17) is 6.42 Å². The van der Waals surface area contributed by atoms with Crippen molar-refractivity contribution < 1.29 is 13.6 Å². The zero-order valence-corrected chi connectivity index (χ0v) is 16.0. The van der Waals surface area contributed by atoms with E-state index >= 15 is 0 Å². The molecule has 0 aromatic carbocycles. The molecule has 2 atom stereocenters. The van der Waals surface area contributed by atoms with Crippen LogP contribution in [-0.2, 0) is 0 Å². The number of nitrogens with one attached hydrogen (secondary N) is 1. The van der Waals surface area contributed by atoms with Crippen LogP contribution in [0.5, 0.6) is 0 Å². The van der Waals surface area contributed by atoms with Crippen LogP contribution in [0.25, 0.3) is 0 Å². The third-order valence-electron chi connectivity index (χ3n) is 4.43. The minimum atomic E-state index is -2.54. The molecule has 0 aliphatic heterocycles. The van der Waals surface area contributed by atoms with Crippen LogP contribution >= 0.6 is 0 Å². The molecule has 2 rings (SSSR count). The van der Waals surface area contributed by atoms with Gasteiger partial charge in [-0.15, -0.1) is 0 Å². The Balaban J connectivity index is 2.10. The molecular formula is C17H22AsF2N3O. The predicted octanol–water partition coefficient (Wildman–Crippen LogP) is 2.07. The van der Waals surface area contributed by atoms with Crippen LogP contribution in [0.1, 0.15) is 56.3 Å². The van der Waals surface area contributed by atoms with Crippen molar-refractivity contribution in [2.75, 3.05) is 0 Å². The molecule has 0 saturated heterocycles. The molecule has 0 spiro atoms. The maximum atomic E-state index is 13.3. The topological polar surface area (TPSA) is 54.9 Å². The molecule has 1 aliphatic carbocycles. The summed E-state index contributed by atoms with van der Waals surface area (Å²) in [6.45, 7) is 3.69. The van der Waals surface area contributed by atoms with Crippen LogP contribution in [0, 0.1) is 12.3 Å². The number of carbonyl (C=O) groups excluding carboxylic acids is 1. The second kappa shape index (κ2) is 7.61. The molecule has 1 fully saturated rings. The summed E-state index contributed by atoms with van der Waals surface area (Å²) in [6.07, 6.45) is 9.85. The molecular weight excluding hydrogens is 375 g/mol. The van der Waals surface area contributed by atoms with E-state index in [9.17, 15) is 13.6 Å². The fraction of sp³-hybridized carbons (Fsp3) is 0.588. The molecule has 1 aromatic heterocycles. The van der Waals surface area contributed by atoms with Gasteiger partial charge in [0.05, 0.1) is 0 Å². The van der Waals surface area contributed by atoms with Crippen molar-refractivity contribution in [1.29, 1.82) is 0 Å². The van der Waals surface area contributed by atoms with E-state index in [1.54, 1.807) is 6.92 Å². The number of halogens is 2. The average molecular weight is 397 g/mol. The van der Waals surface area contributed by atoms with Crippen molar-refractivity contribution in [3.8, 4) is 12.3 Å². The van der Waals surface area contributed by atoms with Crippen LogP contribution in [0.4, 0.5) is 8.78 Å². The Kier molecular flexibility index (Phi) is 5.98. The number of hydrogen-bond acceptors (Lipinski definition) is 3. The molecule has 0 radical (unpaired) electrons. The summed E-state index contributed by atoms with van der Waals surface area (Å²) in [5, 5.41) is 2.84.